The van der Waals surface area contributed by atoms with Crippen LogP contribution in [0.5, 0.6) is 0 Å². The molecule has 0 amide bonds. The smallest absolute Gasteiger partial charge is 0.218 e. The number of hydrogen-bond acceptors (Lipinski definition) is 4. The van der Waals surface area contributed by atoms with Crippen molar-refractivity contribution in [2.24, 2.45) is 11.3 Å². The van der Waals surface area contributed by atoms with Crippen molar-refractivity contribution in [3.8, 4) is 0 Å². The predicted molar refractivity (Wildman–Crippen MR) is 103 cm³/mol. The van der Waals surface area contributed by atoms with Gasteiger partial charge in [0.25, 0.3) is 0 Å². The Morgan fingerprint density at radius 1 is 1.19 bits per heavy atom. The Labute approximate surface area is 157 Å². The fraction of sp³-hybridized carbons (Fsp3) is 0.318. The van der Waals surface area contributed by atoms with Crippen LogP contribution >= 0.6 is 0 Å². The lowest BCUT2D eigenvalue weighted by molar-refractivity contribution is -0.484. The topological polar surface area (TPSA) is 69.4 Å². The van der Waals surface area contributed by atoms with Gasteiger partial charge in [-0.2, -0.15) is 0 Å². The van der Waals surface area contributed by atoms with Crippen molar-refractivity contribution in [3.63, 3.8) is 0 Å². The Morgan fingerprint density at radius 2 is 1.93 bits per heavy atom. The van der Waals surface area contributed by atoms with E-state index in [4.69, 9.17) is 4.74 Å². The second kappa shape index (κ2) is 6.34. The number of carbonyl (C=O) groups is 1. The van der Waals surface area contributed by atoms with Gasteiger partial charge in [-0.1, -0.05) is 50.2 Å². The molecule has 5 heteroatoms. The van der Waals surface area contributed by atoms with Crippen LogP contribution in [0.2, 0.25) is 0 Å². The van der Waals surface area contributed by atoms with E-state index in [1.54, 1.807) is 0 Å². The Kier molecular flexibility index (Phi) is 4.10. The van der Waals surface area contributed by atoms with Crippen LogP contribution in [0.15, 0.2) is 59.6 Å². The van der Waals surface area contributed by atoms with Gasteiger partial charge >= 0.3 is 0 Å². The molecular weight excluding hydrogens is 342 g/mol. The second-order valence-corrected chi connectivity index (χ2v) is 8.10. The molecule has 1 heterocycles. The molecule has 0 bridgehead atoms. The number of hydrogen-bond donors (Lipinski definition) is 0. The van der Waals surface area contributed by atoms with Gasteiger partial charge in [0.1, 0.15) is 17.4 Å². The highest BCUT2D eigenvalue weighted by molar-refractivity contribution is 5.99. The zero-order valence-corrected chi connectivity index (χ0v) is 15.4. The van der Waals surface area contributed by atoms with Crippen molar-refractivity contribution in [1.82, 2.24) is 0 Å². The van der Waals surface area contributed by atoms with E-state index in [0.717, 1.165) is 16.3 Å². The van der Waals surface area contributed by atoms with E-state index < -0.39 is 5.92 Å². The monoisotopic (exact) mass is 363 g/mol. The number of ether oxygens (including phenoxy) is 1. The van der Waals surface area contributed by atoms with E-state index in [-0.39, 0.29) is 22.7 Å². The fourth-order valence-electron chi connectivity index (χ4n) is 4.04. The molecule has 138 valence electrons. The van der Waals surface area contributed by atoms with Gasteiger partial charge in [-0.3, -0.25) is 14.9 Å². The first-order valence-corrected chi connectivity index (χ1v) is 9.09. The number of allylic oxidation sites excluding steroid dienone is 1. The van der Waals surface area contributed by atoms with Crippen molar-refractivity contribution in [1.29, 1.82) is 0 Å². The molecule has 2 aliphatic rings. The lowest BCUT2D eigenvalue weighted by atomic mass is 9.74. The molecule has 0 N–H and O–H groups in total. The summed E-state index contributed by atoms with van der Waals surface area (Å²) in [6.45, 7) is 3.71. The molecule has 2 aromatic carbocycles. The highest BCUT2D eigenvalue weighted by atomic mass is 16.6. The molecule has 2 aromatic rings. The maximum atomic E-state index is 12.7. The van der Waals surface area contributed by atoms with Crippen LogP contribution in [-0.4, -0.2) is 17.3 Å². The van der Waals surface area contributed by atoms with Crippen molar-refractivity contribution >= 4 is 22.6 Å². The first kappa shape index (κ1) is 17.5. The Bertz CT molecular complexity index is 1020. The average Bonchev–Trinajstić information content (AvgIpc) is 2.90. The normalized spacial score (nSPS) is 22.8. The number of carbonyl (C=O) groups excluding carboxylic acids is 1. The molecule has 0 unspecified atom stereocenters. The van der Waals surface area contributed by atoms with Gasteiger partial charge in [-0.05, 0) is 33.9 Å². The zero-order valence-electron chi connectivity index (χ0n) is 15.4. The summed E-state index contributed by atoms with van der Waals surface area (Å²) in [5, 5.41) is 13.4. The minimum Gasteiger partial charge on any atom is -0.465 e. The second-order valence-electron chi connectivity index (χ2n) is 8.10. The number of nitro groups is 1. The summed E-state index contributed by atoms with van der Waals surface area (Å²) in [4.78, 5) is 23.5. The molecule has 1 aliphatic heterocycles. The summed E-state index contributed by atoms with van der Waals surface area (Å²) >= 11 is 0. The molecule has 0 saturated heterocycles. The highest BCUT2D eigenvalue weighted by Crippen LogP contribution is 2.47. The van der Waals surface area contributed by atoms with Crippen molar-refractivity contribution in [3.05, 3.63) is 75.2 Å². The number of rotatable bonds is 3. The van der Waals surface area contributed by atoms with Crippen molar-refractivity contribution in [2.45, 2.75) is 26.7 Å². The average molecular weight is 363 g/mol. The molecule has 1 atom stereocenters. The molecule has 27 heavy (non-hydrogen) atoms. The van der Waals surface area contributed by atoms with E-state index in [2.05, 4.69) is 0 Å². The first-order valence-electron chi connectivity index (χ1n) is 9.09. The van der Waals surface area contributed by atoms with E-state index in [1.807, 2.05) is 62.4 Å². The maximum absolute atomic E-state index is 12.7. The summed E-state index contributed by atoms with van der Waals surface area (Å²) in [5.74, 6) is 0.466. The molecule has 0 fully saturated rings. The number of fused-ring (bicyclic) bond motifs is 1. The number of ketones is 1. The Balaban J connectivity index is 1.74. The van der Waals surface area contributed by atoms with Crippen LogP contribution in [-0.2, 0) is 9.53 Å². The molecular formula is C22H21NO4. The van der Waals surface area contributed by atoms with Gasteiger partial charge in [-0.25, -0.2) is 0 Å². The quantitative estimate of drug-likeness (QED) is 0.583. The summed E-state index contributed by atoms with van der Waals surface area (Å²) in [6, 6.07) is 14.0. The standard InChI is InChI=1S/C22H21NO4/c1-22(2)11-18(24)21-17(13-23(25)26)19(27-20(21)12-22)10-14-7-8-15-5-3-4-6-16(15)9-14/h3-10,17H,11-13H2,1-2H3/b19-10-/t17-/m1/s1. The Morgan fingerprint density at radius 3 is 2.67 bits per heavy atom. The fourth-order valence-corrected chi connectivity index (χ4v) is 4.04. The maximum Gasteiger partial charge on any atom is 0.218 e. The first-order chi connectivity index (χ1) is 12.8. The molecule has 0 aromatic heterocycles. The van der Waals surface area contributed by atoms with Crippen molar-refractivity contribution in [2.75, 3.05) is 6.54 Å². The minimum absolute atomic E-state index is 0.0324. The van der Waals surface area contributed by atoms with Crippen LogP contribution in [0.1, 0.15) is 32.3 Å². The van der Waals surface area contributed by atoms with Crippen LogP contribution in [0.4, 0.5) is 0 Å². The predicted octanol–water partition coefficient (Wildman–Crippen LogP) is 4.75. The summed E-state index contributed by atoms with van der Waals surface area (Å²) < 4.78 is 6.02. The van der Waals surface area contributed by atoms with Gasteiger partial charge in [0.05, 0.1) is 5.57 Å². The van der Waals surface area contributed by atoms with Gasteiger partial charge in [0.2, 0.25) is 6.54 Å². The van der Waals surface area contributed by atoms with Crippen LogP contribution in [0.25, 0.3) is 16.8 Å². The lowest BCUT2D eigenvalue weighted by Gasteiger charge is -2.28. The molecule has 4 rings (SSSR count). The Hall–Kier alpha value is -2.95. The molecule has 5 nitrogen and oxygen atoms in total. The van der Waals surface area contributed by atoms with Gasteiger partial charge in [-0.15, -0.1) is 0 Å². The van der Waals surface area contributed by atoms with Gasteiger partial charge in [0, 0.05) is 17.8 Å². The minimum atomic E-state index is -0.606. The molecule has 0 spiro atoms. The lowest BCUT2D eigenvalue weighted by Crippen LogP contribution is -2.28. The number of Topliss-reactive ketones (excluding diaryl/α,β-unsaturated/α-hetero) is 1. The van der Waals surface area contributed by atoms with Gasteiger partial charge in [0.15, 0.2) is 5.78 Å². The third kappa shape index (κ3) is 3.37. The molecule has 0 radical (unpaired) electrons. The number of benzene rings is 2. The summed E-state index contributed by atoms with van der Waals surface area (Å²) in [6.07, 6.45) is 2.85. The van der Waals surface area contributed by atoms with Crippen molar-refractivity contribution < 1.29 is 14.5 Å². The SMILES string of the molecule is CC1(C)CC(=O)C2=C(C1)O/C(=C\c1ccc3ccccc3c1)[C@H]2C[N+](=O)[O-]. The van der Waals surface area contributed by atoms with E-state index in [9.17, 15) is 14.9 Å². The zero-order chi connectivity index (χ0) is 19.2. The van der Waals surface area contributed by atoms with Gasteiger partial charge < -0.3 is 4.74 Å². The molecule has 0 saturated carbocycles. The largest absolute Gasteiger partial charge is 0.465 e. The molecule has 1 aliphatic carbocycles. The third-order valence-corrected chi connectivity index (χ3v) is 5.23. The van der Waals surface area contributed by atoms with E-state index in [0.29, 0.717) is 29.9 Å². The summed E-state index contributed by atoms with van der Waals surface area (Å²) in [7, 11) is 0. The van der Waals surface area contributed by atoms with E-state index >= 15 is 0 Å². The third-order valence-electron chi connectivity index (χ3n) is 5.23. The number of nitrogens with zero attached hydrogens (tertiary/aromatic N) is 1. The van der Waals surface area contributed by atoms with Crippen LogP contribution < -0.4 is 0 Å². The van der Waals surface area contributed by atoms with Crippen LogP contribution in [0.3, 0.4) is 0 Å². The summed E-state index contributed by atoms with van der Waals surface area (Å²) in [5.41, 5.74) is 1.22. The van der Waals surface area contributed by atoms with E-state index in [1.165, 1.54) is 0 Å². The highest BCUT2D eigenvalue weighted by Gasteiger charge is 2.45. The van der Waals surface area contributed by atoms with Crippen LogP contribution in [0, 0.1) is 21.4 Å².